The molecule has 2 aliphatic rings. The molecule has 132 valence electrons. The monoisotopic (exact) mass is 330 g/mol. The molecule has 2 saturated heterocycles. The standard InChI is InChI=1S/C20H30N2O2/c1-3-20(2)16-22(13-14-24-20)19(23)18-9-11-21(12-10-18)15-17-7-5-4-6-8-17/h4-8,18H,3,9-16H2,1-2H3. The van der Waals surface area contributed by atoms with E-state index in [1.165, 1.54) is 5.56 Å². The summed E-state index contributed by atoms with van der Waals surface area (Å²) in [5.41, 5.74) is 1.19. The summed E-state index contributed by atoms with van der Waals surface area (Å²) in [7, 11) is 0. The highest BCUT2D eigenvalue weighted by Gasteiger charge is 2.36. The number of amides is 1. The van der Waals surface area contributed by atoms with E-state index in [1.807, 2.05) is 4.90 Å². The van der Waals surface area contributed by atoms with Crippen molar-refractivity contribution in [1.29, 1.82) is 0 Å². The molecule has 0 spiro atoms. The molecular formula is C20H30N2O2. The van der Waals surface area contributed by atoms with Crippen LogP contribution in [0, 0.1) is 5.92 Å². The molecule has 1 unspecified atom stereocenters. The second-order valence-electron chi connectivity index (χ2n) is 7.45. The smallest absolute Gasteiger partial charge is 0.225 e. The molecule has 0 aliphatic carbocycles. The third-order valence-corrected chi connectivity index (χ3v) is 5.58. The predicted octanol–water partition coefficient (Wildman–Crippen LogP) is 2.93. The van der Waals surface area contributed by atoms with E-state index in [2.05, 4.69) is 49.1 Å². The molecule has 3 rings (SSSR count). The minimum atomic E-state index is -0.165. The molecule has 0 aromatic heterocycles. The fraction of sp³-hybridized carbons (Fsp3) is 0.650. The Morgan fingerprint density at radius 1 is 1.21 bits per heavy atom. The number of benzene rings is 1. The molecule has 1 aromatic carbocycles. The first-order chi connectivity index (χ1) is 11.6. The van der Waals surface area contributed by atoms with Crippen LogP contribution in [-0.2, 0) is 16.1 Å². The van der Waals surface area contributed by atoms with Crippen LogP contribution in [0.5, 0.6) is 0 Å². The maximum absolute atomic E-state index is 12.9. The zero-order valence-corrected chi connectivity index (χ0v) is 15.0. The van der Waals surface area contributed by atoms with Crippen molar-refractivity contribution in [2.24, 2.45) is 5.92 Å². The van der Waals surface area contributed by atoms with Gasteiger partial charge in [0.15, 0.2) is 0 Å². The Kier molecular flexibility index (Phi) is 5.57. The Morgan fingerprint density at radius 3 is 2.58 bits per heavy atom. The van der Waals surface area contributed by atoms with Gasteiger partial charge in [-0.2, -0.15) is 0 Å². The number of carbonyl (C=O) groups excluding carboxylic acids is 1. The second kappa shape index (κ2) is 7.66. The quantitative estimate of drug-likeness (QED) is 0.851. The molecule has 1 atom stereocenters. The van der Waals surface area contributed by atoms with Gasteiger partial charge in [-0.25, -0.2) is 0 Å². The van der Waals surface area contributed by atoms with Crippen molar-refractivity contribution in [1.82, 2.24) is 9.80 Å². The van der Waals surface area contributed by atoms with Crippen molar-refractivity contribution in [3.63, 3.8) is 0 Å². The van der Waals surface area contributed by atoms with Crippen LogP contribution in [0.15, 0.2) is 30.3 Å². The Balaban J connectivity index is 1.50. The molecule has 1 aromatic rings. The Morgan fingerprint density at radius 2 is 1.92 bits per heavy atom. The fourth-order valence-electron chi connectivity index (χ4n) is 3.77. The van der Waals surface area contributed by atoms with E-state index in [-0.39, 0.29) is 11.5 Å². The van der Waals surface area contributed by atoms with Crippen LogP contribution in [-0.4, -0.2) is 54.1 Å². The molecule has 4 heteroatoms. The van der Waals surface area contributed by atoms with Gasteiger partial charge in [0.25, 0.3) is 0 Å². The molecule has 1 amide bonds. The van der Waals surface area contributed by atoms with E-state index in [9.17, 15) is 4.79 Å². The topological polar surface area (TPSA) is 32.8 Å². The molecule has 0 saturated carbocycles. The summed E-state index contributed by atoms with van der Waals surface area (Å²) in [5.74, 6) is 0.536. The van der Waals surface area contributed by atoms with Crippen LogP contribution in [0.4, 0.5) is 0 Å². The average molecular weight is 330 g/mol. The lowest BCUT2D eigenvalue weighted by molar-refractivity contribution is -0.153. The summed E-state index contributed by atoms with van der Waals surface area (Å²) in [4.78, 5) is 17.4. The molecule has 24 heavy (non-hydrogen) atoms. The fourth-order valence-corrected chi connectivity index (χ4v) is 3.77. The lowest BCUT2D eigenvalue weighted by atomic mass is 9.93. The lowest BCUT2D eigenvalue weighted by Crippen LogP contribution is -2.54. The minimum absolute atomic E-state index is 0.165. The molecule has 2 heterocycles. The second-order valence-corrected chi connectivity index (χ2v) is 7.45. The van der Waals surface area contributed by atoms with Crippen LogP contribution in [0.1, 0.15) is 38.7 Å². The summed E-state index contributed by atoms with van der Waals surface area (Å²) in [6.07, 6.45) is 2.91. The van der Waals surface area contributed by atoms with Crippen molar-refractivity contribution < 1.29 is 9.53 Å². The van der Waals surface area contributed by atoms with E-state index in [4.69, 9.17) is 4.74 Å². The van der Waals surface area contributed by atoms with E-state index in [0.717, 1.165) is 52.0 Å². The highest BCUT2D eigenvalue weighted by atomic mass is 16.5. The van der Waals surface area contributed by atoms with Crippen molar-refractivity contribution >= 4 is 5.91 Å². The number of hydrogen-bond acceptors (Lipinski definition) is 3. The highest BCUT2D eigenvalue weighted by Crippen LogP contribution is 2.26. The first kappa shape index (κ1) is 17.4. The van der Waals surface area contributed by atoms with Gasteiger partial charge in [-0.1, -0.05) is 37.3 Å². The van der Waals surface area contributed by atoms with Gasteiger partial charge in [-0.3, -0.25) is 9.69 Å². The summed E-state index contributed by atoms with van der Waals surface area (Å²) in [6.45, 7) is 9.44. The van der Waals surface area contributed by atoms with Crippen LogP contribution < -0.4 is 0 Å². The van der Waals surface area contributed by atoms with Crippen LogP contribution in [0.25, 0.3) is 0 Å². The Hall–Kier alpha value is -1.39. The predicted molar refractivity (Wildman–Crippen MR) is 95.7 cm³/mol. The SMILES string of the molecule is CCC1(C)CN(C(=O)C2CCN(Cc3ccccc3)CC2)CCO1. The first-order valence-corrected chi connectivity index (χ1v) is 9.29. The van der Waals surface area contributed by atoms with Gasteiger partial charge in [0, 0.05) is 25.6 Å². The van der Waals surface area contributed by atoms with Gasteiger partial charge in [0.05, 0.1) is 12.2 Å². The van der Waals surface area contributed by atoms with Crippen molar-refractivity contribution in [3.05, 3.63) is 35.9 Å². The van der Waals surface area contributed by atoms with Gasteiger partial charge in [-0.15, -0.1) is 0 Å². The molecule has 2 fully saturated rings. The van der Waals surface area contributed by atoms with Gasteiger partial charge < -0.3 is 9.64 Å². The van der Waals surface area contributed by atoms with Gasteiger partial charge in [0.2, 0.25) is 5.91 Å². The summed E-state index contributed by atoms with van der Waals surface area (Å²) < 4.78 is 5.86. The molecule has 0 radical (unpaired) electrons. The van der Waals surface area contributed by atoms with Gasteiger partial charge in [-0.05, 0) is 44.8 Å². The normalized spacial score (nSPS) is 26.5. The number of carbonyl (C=O) groups is 1. The zero-order valence-electron chi connectivity index (χ0n) is 15.0. The molecule has 4 nitrogen and oxygen atoms in total. The maximum atomic E-state index is 12.9. The lowest BCUT2D eigenvalue weighted by Gasteiger charge is -2.42. The van der Waals surface area contributed by atoms with Crippen molar-refractivity contribution in [2.75, 3.05) is 32.8 Å². The first-order valence-electron chi connectivity index (χ1n) is 9.29. The van der Waals surface area contributed by atoms with E-state index in [1.54, 1.807) is 0 Å². The number of nitrogens with zero attached hydrogens (tertiary/aromatic N) is 2. The van der Waals surface area contributed by atoms with Crippen LogP contribution >= 0.6 is 0 Å². The Bertz CT molecular complexity index is 540. The largest absolute Gasteiger partial charge is 0.372 e. The van der Waals surface area contributed by atoms with E-state index < -0.39 is 0 Å². The summed E-state index contributed by atoms with van der Waals surface area (Å²) in [6, 6.07) is 10.6. The van der Waals surface area contributed by atoms with Crippen molar-refractivity contribution in [2.45, 2.75) is 45.3 Å². The molecular weight excluding hydrogens is 300 g/mol. The Labute approximate surface area is 145 Å². The molecule has 0 N–H and O–H groups in total. The highest BCUT2D eigenvalue weighted by molar-refractivity contribution is 5.79. The number of ether oxygens (including phenoxy) is 1. The third kappa shape index (κ3) is 4.17. The maximum Gasteiger partial charge on any atom is 0.225 e. The van der Waals surface area contributed by atoms with Gasteiger partial charge in [0.1, 0.15) is 0 Å². The molecule has 0 bridgehead atoms. The number of rotatable bonds is 4. The number of morpholine rings is 1. The van der Waals surface area contributed by atoms with E-state index >= 15 is 0 Å². The van der Waals surface area contributed by atoms with Crippen molar-refractivity contribution in [3.8, 4) is 0 Å². The van der Waals surface area contributed by atoms with E-state index in [0.29, 0.717) is 12.5 Å². The number of likely N-dealkylation sites (tertiary alicyclic amines) is 1. The van der Waals surface area contributed by atoms with Crippen LogP contribution in [0.3, 0.4) is 0 Å². The summed E-state index contributed by atoms with van der Waals surface area (Å²) >= 11 is 0. The average Bonchev–Trinajstić information content (AvgIpc) is 2.63. The number of hydrogen-bond donors (Lipinski definition) is 0. The third-order valence-electron chi connectivity index (χ3n) is 5.58. The number of piperidine rings is 1. The summed E-state index contributed by atoms with van der Waals surface area (Å²) in [5, 5.41) is 0. The minimum Gasteiger partial charge on any atom is -0.372 e. The van der Waals surface area contributed by atoms with Gasteiger partial charge >= 0.3 is 0 Å². The molecule has 2 aliphatic heterocycles. The zero-order chi connectivity index (χ0) is 17.0. The van der Waals surface area contributed by atoms with Crippen LogP contribution in [0.2, 0.25) is 0 Å².